The smallest absolute Gasteiger partial charge is 0.255 e. The summed E-state index contributed by atoms with van der Waals surface area (Å²) in [6.45, 7) is 5.61. The van der Waals surface area contributed by atoms with Gasteiger partial charge in [0.25, 0.3) is 5.91 Å². The van der Waals surface area contributed by atoms with Gasteiger partial charge in [0.05, 0.1) is 11.3 Å². The van der Waals surface area contributed by atoms with E-state index in [2.05, 4.69) is 36.6 Å². The predicted octanol–water partition coefficient (Wildman–Crippen LogP) is 3.92. The Morgan fingerprint density at radius 1 is 1.07 bits per heavy atom. The molecular weight excluding hydrogens is 372 g/mol. The van der Waals surface area contributed by atoms with Crippen molar-refractivity contribution in [1.82, 2.24) is 20.4 Å². The first-order valence-corrected chi connectivity index (χ1v) is 9.25. The highest BCUT2D eigenvalue weighted by molar-refractivity contribution is 6.00. The lowest BCUT2D eigenvalue weighted by molar-refractivity contribution is 0.0954. The number of hydrogen-bond donors (Lipinski definition) is 2. The number of nitrogens with one attached hydrogen (secondary N) is 2. The number of amides is 1. The summed E-state index contributed by atoms with van der Waals surface area (Å²) in [6.07, 6.45) is 2.70. The van der Waals surface area contributed by atoms with Crippen LogP contribution in [0.25, 0.3) is 16.9 Å². The number of carbonyl (C=O) groups is 1. The quantitative estimate of drug-likeness (QED) is 0.593. The first-order valence-electron chi connectivity index (χ1n) is 9.25. The molecule has 0 aliphatic heterocycles. The van der Waals surface area contributed by atoms with Gasteiger partial charge in [-0.25, -0.2) is 4.68 Å². The largest absolute Gasteiger partial charge is 0.352 e. The van der Waals surface area contributed by atoms with E-state index in [1.54, 1.807) is 4.68 Å². The molecule has 0 fully saturated rings. The summed E-state index contributed by atoms with van der Waals surface area (Å²) in [4.78, 5) is 12.8. The van der Waals surface area contributed by atoms with Crippen molar-refractivity contribution in [3.63, 3.8) is 0 Å². The fourth-order valence-electron chi connectivity index (χ4n) is 3.09. The van der Waals surface area contributed by atoms with E-state index in [-0.39, 0.29) is 18.3 Å². The molecule has 2 aromatic carbocycles. The second-order valence-electron chi connectivity index (χ2n) is 6.70. The zero-order chi connectivity index (χ0) is 19.2. The van der Waals surface area contributed by atoms with Gasteiger partial charge in [-0.2, -0.15) is 5.10 Å². The molecule has 0 saturated heterocycles. The number of aryl methyl sites for hydroxylation is 2. The van der Waals surface area contributed by atoms with E-state index in [0.29, 0.717) is 17.8 Å². The van der Waals surface area contributed by atoms with Crippen LogP contribution < -0.4 is 10.6 Å². The molecule has 1 aromatic heterocycles. The molecule has 0 aliphatic rings. The van der Waals surface area contributed by atoms with Gasteiger partial charge < -0.3 is 10.6 Å². The van der Waals surface area contributed by atoms with Crippen LogP contribution >= 0.6 is 12.4 Å². The fraction of sp³-hybridized carbons (Fsp3) is 0.273. The van der Waals surface area contributed by atoms with Gasteiger partial charge in [0, 0.05) is 18.3 Å². The van der Waals surface area contributed by atoms with Crippen molar-refractivity contribution in [3.8, 4) is 16.9 Å². The van der Waals surface area contributed by atoms with Crippen LogP contribution in [0, 0.1) is 13.8 Å². The Morgan fingerprint density at radius 3 is 2.50 bits per heavy atom. The van der Waals surface area contributed by atoms with Crippen LogP contribution in [0.4, 0.5) is 0 Å². The van der Waals surface area contributed by atoms with Crippen LogP contribution in [-0.4, -0.2) is 35.8 Å². The summed E-state index contributed by atoms with van der Waals surface area (Å²) in [6, 6.07) is 16.1. The van der Waals surface area contributed by atoms with E-state index < -0.39 is 0 Å². The lowest BCUT2D eigenvalue weighted by atomic mass is 10.0. The SMILES string of the molecule is CNCCCNC(=O)c1cn(-c2ccccc2)nc1-c1ccc(C)cc1C.Cl. The first kappa shape index (κ1) is 21.7. The van der Waals surface area contributed by atoms with E-state index >= 15 is 0 Å². The van der Waals surface area contributed by atoms with Gasteiger partial charge in [0.15, 0.2) is 0 Å². The molecule has 2 N–H and O–H groups in total. The lowest BCUT2D eigenvalue weighted by Crippen LogP contribution is -2.26. The Morgan fingerprint density at radius 2 is 1.82 bits per heavy atom. The normalized spacial score (nSPS) is 10.4. The summed E-state index contributed by atoms with van der Waals surface area (Å²) in [5.74, 6) is -0.0942. The monoisotopic (exact) mass is 398 g/mol. The number of nitrogens with zero attached hydrogens (tertiary/aromatic N) is 2. The number of hydrogen-bond acceptors (Lipinski definition) is 3. The number of halogens is 1. The maximum atomic E-state index is 12.8. The summed E-state index contributed by atoms with van der Waals surface area (Å²) < 4.78 is 1.77. The Bertz CT molecular complexity index is 922. The maximum absolute atomic E-state index is 12.8. The molecule has 148 valence electrons. The highest BCUT2D eigenvalue weighted by Gasteiger charge is 2.19. The van der Waals surface area contributed by atoms with Gasteiger partial charge in [-0.1, -0.05) is 42.0 Å². The first-order chi connectivity index (χ1) is 13.1. The third-order valence-electron chi connectivity index (χ3n) is 4.51. The second kappa shape index (κ2) is 10.1. The van der Waals surface area contributed by atoms with Gasteiger partial charge in [0.1, 0.15) is 5.69 Å². The number of aromatic nitrogens is 2. The topological polar surface area (TPSA) is 58.9 Å². The average molecular weight is 399 g/mol. The Hall–Kier alpha value is -2.63. The zero-order valence-electron chi connectivity index (χ0n) is 16.5. The Balaban J connectivity index is 0.00000280. The van der Waals surface area contributed by atoms with Gasteiger partial charge in [0.2, 0.25) is 0 Å². The molecule has 1 heterocycles. The van der Waals surface area contributed by atoms with Crippen LogP contribution in [0.15, 0.2) is 54.7 Å². The molecular formula is C22H27ClN4O. The maximum Gasteiger partial charge on any atom is 0.255 e. The minimum atomic E-state index is -0.0942. The van der Waals surface area contributed by atoms with Crippen molar-refractivity contribution >= 4 is 18.3 Å². The minimum absolute atomic E-state index is 0. The molecule has 0 saturated carbocycles. The van der Waals surface area contributed by atoms with Crippen LogP contribution in [0.2, 0.25) is 0 Å². The number of rotatable bonds is 7. The molecule has 28 heavy (non-hydrogen) atoms. The van der Waals surface area contributed by atoms with E-state index in [9.17, 15) is 4.79 Å². The van der Waals surface area contributed by atoms with Crippen LogP contribution in [0.3, 0.4) is 0 Å². The molecule has 6 heteroatoms. The van der Waals surface area contributed by atoms with E-state index in [1.165, 1.54) is 5.56 Å². The second-order valence-corrected chi connectivity index (χ2v) is 6.70. The molecule has 1 amide bonds. The molecule has 0 bridgehead atoms. The predicted molar refractivity (Wildman–Crippen MR) is 117 cm³/mol. The van der Waals surface area contributed by atoms with Gasteiger partial charge in [-0.3, -0.25) is 4.79 Å². The van der Waals surface area contributed by atoms with Crippen LogP contribution in [0.5, 0.6) is 0 Å². The third kappa shape index (κ3) is 5.00. The van der Waals surface area contributed by atoms with E-state index in [1.807, 2.05) is 49.6 Å². The third-order valence-corrected chi connectivity index (χ3v) is 4.51. The lowest BCUT2D eigenvalue weighted by Gasteiger charge is -2.08. The summed E-state index contributed by atoms with van der Waals surface area (Å²) >= 11 is 0. The van der Waals surface area contributed by atoms with Crippen molar-refractivity contribution in [2.75, 3.05) is 20.1 Å². The van der Waals surface area contributed by atoms with Gasteiger partial charge in [-0.15, -0.1) is 12.4 Å². The number of para-hydroxylation sites is 1. The summed E-state index contributed by atoms with van der Waals surface area (Å²) in [7, 11) is 1.91. The molecule has 5 nitrogen and oxygen atoms in total. The van der Waals surface area contributed by atoms with Crippen molar-refractivity contribution in [2.24, 2.45) is 0 Å². The van der Waals surface area contributed by atoms with Crippen molar-refractivity contribution in [3.05, 3.63) is 71.4 Å². The molecule has 3 rings (SSSR count). The zero-order valence-corrected chi connectivity index (χ0v) is 17.3. The fourth-order valence-corrected chi connectivity index (χ4v) is 3.09. The van der Waals surface area contributed by atoms with Crippen LogP contribution in [0.1, 0.15) is 27.9 Å². The summed E-state index contributed by atoms with van der Waals surface area (Å²) in [5, 5.41) is 10.8. The molecule has 0 aliphatic carbocycles. The highest BCUT2D eigenvalue weighted by atomic mass is 35.5. The average Bonchev–Trinajstić information content (AvgIpc) is 3.11. The summed E-state index contributed by atoms with van der Waals surface area (Å²) in [5.41, 5.74) is 5.51. The van der Waals surface area contributed by atoms with Crippen molar-refractivity contribution in [1.29, 1.82) is 0 Å². The molecule has 0 unspecified atom stereocenters. The Labute approximate surface area is 172 Å². The minimum Gasteiger partial charge on any atom is -0.352 e. The van der Waals surface area contributed by atoms with E-state index in [4.69, 9.17) is 5.10 Å². The highest BCUT2D eigenvalue weighted by Crippen LogP contribution is 2.27. The number of carbonyl (C=O) groups excluding carboxylic acids is 1. The van der Waals surface area contributed by atoms with Gasteiger partial charge in [-0.05, 0) is 51.6 Å². The van der Waals surface area contributed by atoms with Gasteiger partial charge >= 0.3 is 0 Å². The Kier molecular flexibility index (Phi) is 7.79. The number of benzene rings is 2. The molecule has 0 radical (unpaired) electrons. The standard InChI is InChI=1S/C22H26N4O.ClH/c1-16-10-11-19(17(2)14-16)21-20(22(27)24-13-7-12-23-3)15-26(25-21)18-8-5-4-6-9-18;/h4-6,8-11,14-15,23H,7,12-13H2,1-3H3,(H,24,27);1H. The molecule has 0 atom stereocenters. The molecule has 0 spiro atoms. The van der Waals surface area contributed by atoms with Crippen LogP contribution in [-0.2, 0) is 0 Å². The van der Waals surface area contributed by atoms with Crippen molar-refractivity contribution < 1.29 is 4.79 Å². The van der Waals surface area contributed by atoms with Crippen molar-refractivity contribution in [2.45, 2.75) is 20.3 Å². The molecule has 3 aromatic rings. The van der Waals surface area contributed by atoms with E-state index in [0.717, 1.165) is 29.8 Å².